The highest BCUT2D eigenvalue weighted by atomic mass is 31.0. The summed E-state index contributed by atoms with van der Waals surface area (Å²) in [4.78, 5) is 12.7. The highest BCUT2D eigenvalue weighted by Gasteiger charge is 2.18. The van der Waals surface area contributed by atoms with Crippen LogP contribution in [0.15, 0.2) is 53.3 Å². The van der Waals surface area contributed by atoms with Gasteiger partial charge in [-0.1, -0.05) is 18.2 Å². The lowest BCUT2D eigenvalue weighted by Crippen LogP contribution is -2.14. The van der Waals surface area contributed by atoms with Crippen LogP contribution in [0.3, 0.4) is 0 Å². The Morgan fingerprint density at radius 3 is 2.62 bits per heavy atom. The monoisotopic (exact) mass is 338 g/mol. The van der Waals surface area contributed by atoms with Gasteiger partial charge in [0.1, 0.15) is 22.5 Å². The van der Waals surface area contributed by atoms with Gasteiger partial charge in [-0.05, 0) is 39.7 Å². The minimum absolute atomic E-state index is 0.202. The molecule has 0 spiro atoms. The number of nitrogen functional groups attached to an aromatic ring is 1. The summed E-state index contributed by atoms with van der Waals surface area (Å²) in [6, 6.07) is 15.0. The number of para-hydroxylation sites is 1. The van der Waals surface area contributed by atoms with Crippen LogP contribution in [0.4, 0.5) is 5.82 Å². The molecule has 0 aliphatic rings. The van der Waals surface area contributed by atoms with Crippen molar-refractivity contribution in [2.45, 2.75) is 0 Å². The van der Waals surface area contributed by atoms with Crippen molar-refractivity contribution >= 4 is 37.0 Å². The van der Waals surface area contributed by atoms with Gasteiger partial charge in [0.15, 0.2) is 0 Å². The fourth-order valence-electron chi connectivity index (χ4n) is 2.87. The van der Waals surface area contributed by atoms with Gasteiger partial charge in [0.2, 0.25) is 0 Å². The van der Waals surface area contributed by atoms with Crippen molar-refractivity contribution in [2.75, 3.05) is 12.8 Å². The van der Waals surface area contributed by atoms with Crippen molar-refractivity contribution < 1.29 is 4.74 Å². The van der Waals surface area contributed by atoms with Crippen LogP contribution in [0.5, 0.6) is 5.75 Å². The number of hydrogen-bond donors (Lipinski definition) is 1. The van der Waals surface area contributed by atoms with Crippen LogP contribution < -0.4 is 16.0 Å². The van der Waals surface area contributed by atoms with E-state index in [1.165, 1.54) is 4.34 Å². The van der Waals surface area contributed by atoms with Gasteiger partial charge in [-0.15, -0.1) is 0 Å². The average molecular weight is 338 g/mol. The first-order valence-electron chi connectivity index (χ1n) is 7.33. The molecule has 2 aromatic carbocycles. The van der Waals surface area contributed by atoms with E-state index >= 15 is 0 Å². The van der Waals surface area contributed by atoms with Crippen molar-refractivity contribution in [1.29, 1.82) is 0 Å². The number of fused-ring (bicyclic) bond motifs is 3. The van der Waals surface area contributed by atoms with Gasteiger partial charge in [-0.3, -0.25) is 9.13 Å². The van der Waals surface area contributed by atoms with E-state index in [0.717, 1.165) is 16.6 Å². The summed E-state index contributed by atoms with van der Waals surface area (Å²) in [5, 5.41) is 5.81. The molecular weight excluding hydrogens is 323 g/mol. The Bertz CT molecular complexity index is 1130. The molecule has 6 nitrogen and oxygen atoms in total. The van der Waals surface area contributed by atoms with E-state index in [0.29, 0.717) is 22.5 Å². The summed E-state index contributed by atoms with van der Waals surface area (Å²) in [7, 11) is 4.04. The molecule has 2 N–H and O–H groups in total. The molecule has 1 atom stereocenters. The molecule has 0 radical (unpaired) electrons. The topological polar surface area (TPSA) is 75.1 Å². The first kappa shape index (κ1) is 14.7. The number of nitrogens with zero attached hydrogens (tertiary/aromatic N) is 3. The average Bonchev–Trinajstić information content (AvgIpc) is 2.97. The lowest BCUT2D eigenvalue weighted by Gasteiger charge is -2.07. The number of ether oxygens (including phenoxy) is 1. The minimum atomic E-state index is -0.202. The summed E-state index contributed by atoms with van der Waals surface area (Å²) in [5.41, 5.74) is 8.16. The van der Waals surface area contributed by atoms with E-state index in [-0.39, 0.29) is 5.56 Å². The molecule has 120 valence electrons. The number of anilines is 1. The Kier molecular flexibility index (Phi) is 3.28. The zero-order chi connectivity index (χ0) is 16.8. The Morgan fingerprint density at radius 2 is 1.92 bits per heavy atom. The summed E-state index contributed by atoms with van der Waals surface area (Å²) in [6.45, 7) is 0. The van der Waals surface area contributed by atoms with Gasteiger partial charge in [0, 0.05) is 5.39 Å². The molecule has 0 aliphatic carbocycles. The molecule has 0 saturated heterocycles. The van der Waals surface area contributed by atoms with Crippen molar-refractivity contribution in [2.24, 2.45) is 0 Å². The van der Waals surface area contributed by atoms with Gasteiger partial charge in [-0.2, -0.15) is 5.10 Å². The van der Waals surface area contributed by atoms with Crippen molar-refractivity contribution in [3.63, 3.8) is 0 Å². The minimum Gasteiger partial charge on any atom is -0.497 e. The van der Waals surface area contributed by atoms with E-state index in [9.17, 15) is 4.79 Å². The fourth-order valence-corrected chi connectivity index (χ4v) is 3.22. The van der Waals surface area contributed by atoms with E-state index < -0.39 is 0 Å². The standard InChI is InChI=1S/C17H15N4O2P/c1-23-11-7-8-13-12(9-11)15-14(17(22)21(13)24)16(18)20(19-15)10-5-3-2-4-6-10/h2-9H,18,24H2,1H3. The van der Waals surface area contributed by atoms with Gasteiger partial charge < -0.3 is 10.5 Å². The predicted octanol–water partition coefficient (Wildman–Crippen LogP) is 2.57. The first-order valence-corrected chi connectivity index (χ1v) is 7.85. The van der Waals surface area contributed by atoms with Gasteiger partial charge in [0.05, 0.1) is 18.3 Å². The van der Waals surface area contributed by atoms with Crippen LogP contribution >= 0.6 is 9.39 Å². The van der Waals surface area contributed by atoms with Crippen LogP contribution in [0, 0.1) is 0 Å². The van der Waals surface area contributed by atoms with Crippen LogP contribution in [0.25, 0.3) is 27.5 Å². The maximum absolute atomic E-state index is 12.7. The maximum Gasteiger partial charge on any atom is 0.267 e. The Morgan fingerprint density at radius 1 is 1.17 bits per heavy atom. The van der Waals surface area contributed by atoms with Crippen molar-refractivity contribution in [3.05, 3.63) is 58.9 Å². The maximum atomic E-state index is 12.7. The third-order valence-electron chi connectivity index (χ3n) is 4.07. The number of rotatable bonds is 2. The van der Waals surface area contributed by atoms with Gasteiger partial charge in [-0.25, -0.2) is 4.68 Å². The highest BCUT2D eigenvalue weighted by Crippen LogP contribution is 2.30. The molecule has 0 bridgehead atoms. The molecule has 24 heavy (non-hydrogen) atoms. The number of aromatic nitrogens is 3. The number of methoxy groups -OCH3 is 1. The molecular formula is C17H15N4O2P. The molecule has 0 aliphatic heterocycles. The van der Waals surface area contributed by atoms with Gasteiger partial charge in [0.25, 0.3) is 5.56 Å². The number of nitrogens with two attached hydrogens (primary N) is 1. The van der Waals surface area contributed by atoms with E-state index in [1.54, 1.807) is 11.8 Å². The summed E-state index contributed by atoms with van der Waals surface area (Å²) < 4.78 is 8.40. The largest absolute Gasteiger partial charge is 0.497 e. The van der Waals surface area contributed by atoms with Crippen LogP contribution in [-0.2, 0) is 0 Å². The SMILES string of the molecule is COc1ccc2c(c1)c1nn(-c3ccccc3)c(N)c1c(=O)n2P. The normalized spacial score (nSPS) is 11.2. The molecule has 0 amide bonds. The summed E-state index contributed by atoms with van der Waals surface area (Å²) in [5.74, 6) is 1.02. The molecule has 2 heterocycles. The quantitative estimate of drug-likeness (QED) is 0.570. The van der Waals surface area contributed by atoms with E-state index in [1.807, 2.05) is 48.5 Å². The number of benzene rings is 2. The second kappa shape index (κ2) is 5.35. The van der Waals surface area contributed by atoms with Crippen LogP contribution in [0.2, 0.25) is 0 Å². The fraction of sp³-hybridized carbons (Fsp3) is 0.0588. The number of pyridine rings is 1. The molecule has 4 aromatic rings. The predicted molar refractivity (Wildman–Crippen MR) is 98.9 cm³/mol. The summed E-state index contributed by atoms with van der Waals surface area (Å²) in [6.07, 6.45) is 0. The zero-order valence-corrected chi connectivity index (χ0v) is 14.1. The third-order valence-corrected chi connectivity index (χ3v) is 4.59. The zero-order valence-electron chi connectivity index (χ0n) is 12.9. The Balaban J connectivity index is 2.18. The molecule has 2 aromatic heterocycles. The molecule has 7 heteroatoms. The van der Waals surface area contributed by atoms with Crippen LogP contribution in [0.1, 0.15) is 0 Å². The third kappa shape index (κ3) is 2.00. The second-order valence-corrected chi connectivity index (χ2v) is 5.93. The molecule has 0 saturated carbocycles. The Hall–Kier alpha value is -2.85. The second-order valence-electron chi connectivity index (χ2n) is 5.41. The van der Waals surface area contributed by atoms with Crippen molar-refractivity contribution in [1.82, 2.24) is 14.1 Å². The van der Waals surface area contributed by atoms with Crippen molar-refractivity contribution in [3.8, 4) is 11.4 Å². The molecule has 1 unspecified atom stereocenters. The summed E-state index contributed by atoms with van der Waals surface area (Å²) >= 11 is 0. The molecule has 4 rings (SSSR count). The lowest BCUT2D eigenvalue weighted by atomic mass is 10.1. The lowest BCUT2D eigenvalue weighted by molar-refractivity contribution is 0.415. The smallest absolute Gasteiger partial charge is 0.267 e. The van der Waals surface area contributed by atoms with Gasteiger partial charge >= 0.3 is 0 Å². The number of hydrogen-bond acceptors (Lipinski definition) is 4. The van der Waals surface area contributed by atoms with E-state index in [2.05, 4.69) is 14.5 Å². The first-order chi connectivity index (χ1) is 11.6. The molecule has 0 fully saturated rings. The highest BCUT2D eigenvalue weighted by molar-refractivity contribution is 7.14. The van der Waals surface area contributed by atoms with Crippen LogP contribution in [-0.4, -0.2) is 21.2 Å². The Labute approximate surface area is 139 Å². The van der Waals surface area contributed by atoms with E-state index in [4.69, 9.17) is 10.5 Å².